The van der Waals surface area contributed by atoms with Crippen LogP contribution in [0.3, 0.4) is 0 Å². The van der Waals surface area contributed by atoms with Gasteiger partial charge in [-0.25, -0.2) is 0 Å². The van der Waals surface area contributed by atoms with Crippen LogP contribution >= 0.6 is 11.8 Å². The van der Waals surface area contributed by atoms with Crippen LogP contribution in [0.4, 0.5) is 0 Å². The molecule has 1 nitrogen and oxygen atoms in total. The lowest BCUT2D eigenvalue weighted by Crippen LogP contribution is -1.95. The molecule has 2 heteroatoms. The van der Waals surface area contributed by atoms with E-state index in [1.807, 2.05) is 18.2 Å². The van der Waals surface area contributed by atoms with Gasteiger partial charge < -0.3 is 5.73 Å². The van der Waals surface area contributed by atoms with E-state index in [1.54, 1.807) is 11.8 Å². The van der Waals surface area contributed by atoms with E-state index in [0.717, 1.165) is 5.75 Å². The molecular weight excluding hydrogens is 166 g/mol. The van der Waals surface area contributed by atoms with Gasteiger partial charge in [-0.05, 0) is 17.7 Å². The fraction of sp³-hybridized carbons (Fsp3) is 0.200. The number of hydrogen-bond donors (Lipinski definition) is 1. The highest BCUT2D eigenvalue weighted by molar-refractivity contribution is 7.99. The predicted octanol–water partition coefficient (Wildman–Crippen LogP) is 2.42. The van der Waals surface area contributed by atoms with Crippen LogP contribution in [0.25, 0.3) is 0 Å². The zero-order valence-electron chi connectivity index (χ0n) is 6.99. The lowest BCUT2D eigenvalue weighted by Gasteiger charge is -2.00. The zero-order chi connectivity index (χ0) is 8.81. The first-order valence-corrected chi connectivity index (χ1v) is 4.88. The Hall–Kier alpha value is -0.730. The van der Waals surface area contributed by atoms with Gasteiger partial charge in [-0.1, -0.05) is 18.2 Å². The minimum atomic E-state index is 0.614. The van der Waals surface area contributed by atoms with Crippen LogP contribution in [0.2, 0.25) is 0 Å². The van der Waals surface area contributed by atoms with Crippen LogP contribution in [0.5, 0.6) is 0 Å². The number of thioether (sulfide) groups is 1. The van der Waals surface area contributed by atoms with E-state index in [4.69, 9.17) is 5.73 Å². The molecule has 0 heterocycles. The standard InChI is InChI=1S/C10H13NS/c1-2-6-12-10-5-3-4-9(7-10)8-11/h2-5,7H,1,6,8,11H2. The zero-order valence-corrected chi connectivity index (χ0v) is 7.81. The smallest absolute Gasteiger partial charge is 0.0178 e. The Morgan fingerprint density at radius 1 is 1.50 bits per heavy atom. The van der Waals surface area contributed by atoms with Crippen molar-refractivity contribution in [2.24, 2.45) is 5.73 Å². The van der Waals surface area contributed by atoms with Crippen molar-refractivity contribution in [3.8, 4) is 0 Å². The van der Waals surface area contributed by atoms with Gasteiger partial charge in [-0.2, -0.15) is 0 Å². The molecule has 0 aliphatic carbocycles. The minimum Gasteiger partial charge on any atom is -0.326 e. The van der Waals surface area contributed by atoms with E-state index in [0.29, 0.717) is 6.54 Å². The number of rotatable bonds is 4. The van der Waals surface area contributed by atoms with Crippen LogP contribution < -0.4 is 5.73 Å². The second-order valence-electron chi connectivity index (χ2n) is 2.45. The van der Waals surface area contributed by atoms with Gasteiger partial charge >= 0.3 is 0 Å². The second kappa shape index (κ2) is 5.01. The summed E-state index contributed by atoms with van der Waals surface area (Å²) in [4.78, 5) is 1.26. The first-order chi connectivity index (χ1) is 5.86. The maximum atomic E-state index is 5.52. The summed E-state index contributed by atoms with van der Waals surface area (Å²) in [6.45, 7) is 4.29. The van der Waals surface area contributed by atoms with Gasteiger partial charge in [0.1, 0.15) is 0 Å². The Bertz CT molecular complexity index is 258. The summed E-state index contributed by atoms with van der Waals surface area (Å²) in [5, 5.41) is 0. The molecule has 0 bridgehead atoms. The molecule has 0 amide bonds. The highest BCUT2D eigenvalue weighted by Gasteiger charge is 1.92. The number of benzene rings is 1. The second-order valence-corrected chi connectivity index (χ2v) is 3.54. The van der Waals surface area contributed by atoms with Crippen LogP contribution in [-0.4, -0.2) is 5.75 Å². The van der Waals surface area contributed by atoms with Crippen molar-refractivity contribution >= 4 is 11.8 Å². The Labute approximate surface area is 77.7 Å². The average Bonchev–Trinajstić information content (AvgIpc) is 2.15. The normalized spacial score (nSPS) is 9.75. The summed E-state index contributed by atoms with van der Waals surface area (Å²) in [6.07, 6.45) is 1.90. The van der Waals surface area contributed by atoms with E-state index in [1.165, 1.54) is 10.5 Å². The summed E-state index contributed by atoms with van der Waals surface area (Å²) in [6, 6.07) is 8.28. The first-order valence-electron chi connectivity index (χ1n) is 3.89. The van der Waals surface area contributed by atoms with Crippen LogP contribution in [-0.2, 0) is 6.54 Å². The Kier molecular flexibility index (Phi) is 3.91. The molecule has 0 aliphatic rings. The Morgan fingerprint density at radius 3 is 3.00 bits per heavy atom. The number of hydrogen-bond acceptors (Lipinski definition) is 2. The molecule has 2 N–H and O–H groups in total. The first kappa shape index (κ1) is 9.36. The highest BCUT2D eigenvalue weighted by Crippen LogP contribution is 2.18. The maximum absolute atomic E-state index is 5.52. The summed E-state index contributed by atoms with van der Waals surface area (Å²) < 4.78 is 0. The molecule has 12 heavy (non-hydrogen) atoms. The van der Waals surface area contributed by atoms with Crippen LogP contribution in [0.1, 0.15) is 5.56 Å². The molecule has 0 fully saturated rings. The van der Waals surface area contributed by atoms with Crippen molar-refractivity contribution in [2.75, 3.05) is 5.75 Å². The summed E-state index contributed by atoms with van der Waals surface area (Å²) in [7, 11) is 0. The van der Waals surface area contributed by atoms with Gasteiger partial charge in [0.05, 0.1) is 0 Å². The van der Waals surface area contributed by atoms with E-state index in [2.05, 4.69) is 18.7 Å². The monoisotopic (exact) mass is 179 g/mol. The maximum Gasteiger partial charge on any atom is 0.0178 e. The van der Waals surface area contributed by atoms with Crippen molar-refractivity contribution in [1.29, 1.82) is 0 Å². The van der Waals surface area contributed by atoms with Crippen molar-refractivity contribution in [2.45, 2.75) is 11.4 Å². The molecule has 1 rings (SSSR count). The molecule has 0 spiro atoms. The van der Waals surface area contributed by atoms with Gasteiger partial charge in [0, 0.05) is 17.2 Å². The lowest BCUT2D eigenvalue weighted by atomic mass is 10.2. The highest BCUT2D eigenvalue weighted by atomic mass is 32.2. The Balaban J connectivity index is 2.65. The number of nitrogens with two attached hydrogens (primary N) is 1. The third-order valence-corrected chi connectivity index (χ3v) is 2.49. The van der Waals surface area contributed by atoms with Gasteiger partial charge in [0.25, 0.3) is 0 Å². The molecule has 0 saturated heterocycles. The molecular formula is C10H13NS. The van der Waals surface area contributed by atoms with Crippen molar-refractivity contribution in [1.82, 2.24) is 0 Å². The fourth-order valence-electron chi connectivity index (χ4n) is 0.917. The molecule has 0 aromatic heterocycles. The van der Waals surface area contributed by atoms with E-state index in [9.17, 15) is 0 Å². The quantitative estimate of drug-likeness (QED) is 0.567. The largest absolute Gasteiger partial charge is 0.326 e. The van der Waals surface area contributed by atoms with Crippen molar-refractivity contribution in [3.63, 3.8) is 0 Å². The third kappa shape index (κ3) is 2.72. The summed E-state index contributed by atoms with van der Waals surface area (Å²) in [5.41, 5.74) is 6.70. The summed E-state index contributed by atoms with van der Waals surface area (Å²) in [5.74, 6) is 0.952. The van der Waals surface area contributed by atoms with Crippen LogP contribution in [0.15, 0.2) is 41.8 Å². The topological polar surface area (TPSA) is 26.0 Å². The molecule has 0 radical (unpaired) electrons. The van der Waals surface area contributed by atoms with E-state index >= 15 is 0 Å². The predicted molar refractivity (Wildman–Crippen MR) is 55.3 cm³/mol. The third-order valence-electron chi connectivity index (χ3n) is 1.50. The van der Waals surface area contributed by atoms with E-state index < -0.39 is 0 Å². The lowest BCUT2D eigenvalue weighted by molar-refractivity contribution is 1.06. The summed E-state index contributed by atoms with van der Waals surface area (Å²) >= 11 is 1.78. The van der Waals surface area contributed by atoms with Gasteiger partial charge in [0.15, 0.2) is 0 Å². The molecule has 0 aliphatic heterocycles. The van der Waals surface area contributed by atoms with Gasteiger partial charge in [0.2, 0.25) is 0 Å². The molecule has 0 saturated carbocycles. The van der Waals surface area contributed by atoms with Gasteiger partial charge in [-0.15, -0.1) is 18.3 Å². The fourth-order valence-corrected chi connectivity index (χ4v) is 1.64. The molecule has 1 aromatic rings. The molecule has 1 aromatic carbocycles. The minimum absolute atomic E-state index is 0.614. The molecule has 64 valence electrons. The Morgan fingerprint density at radius 2 is 2.33 bits per heavy atom. The molecule has 0 unspecified atom stereocenters. The van der Waals surface area contributed by atoms with E-state index in [-0.39, 0.29) is 0 Å². The molecule has 0 atom stereocenters. The van der Waals surface area contributed by atoms with Crippen LogP contribution in [0, 0.1) is 0 Å². The van der Waals surface area contributed by atoms with Gasteiger partial charge in [-0.3, -0.25) is 0 Å². The van der Waals surface area contributed by atoms with Crippen molar-refractivity contribution < 1.29 is 0 Å². The van der Waals surface area contributed by atoms with Crippen molar-refractivity contribution in [3.05, 3.63) is 42.5 Å². The average molecular weight is 179 g/mol. The SMILES string of the molecule is C=CCSc1cccc(CN)c1.